The molecule has 16 heavy (non-hydrogen) atoms. The van der Waals surface area contributed by atoms with Gasteiger partial charge in [-0.05, 0) is 24.3 Å². The zero-order valence-electron chi connectivity index (χ0n) is 8.22. The number of nitrogens with zero attached hydrogens (tertiary/aromatic N) is 2. The fraction of sp³-hybridized carbons (Fsp3) is 0. The number of carbonyl (C=O) groups is 1. The third kappa shape index (κ3) is 2.38. The van der Waals surface area contributed by atoms with Crippen LogP contribution >= 0.6 is 0 Å². The molecular weight excluding hydrogens is 209 g/mol. The zero-order chi connectivity index (χ0) is 11.4. The first-order chi connectivity index (χ1) is 7.75. The molecule has 2 aromatic rings. The van der Waals surface area contributed by atoms with E-state index in [1.54, 1.807) is 6.07 Å². The number of aromatic nitrogens is 2. The highest BCUT2D eigenvalue weighted by Gasteiger charge is 2.06. The molecule has 80 valence electrons. The number of hydrogen-bond acceptors (Lipinski definition) is 3. The van der Waals surface area contributed by atoms with Crippen LogP contribution in [0.15, 0.2) is 42.9 Å². The number of carbonyl (C=O) groups excluding carboxylic acids is 1. The van der Waals surface area contributed by atoms with Crippen LogP contribution in [-0.4, -0.2) is 15.9 Å². The monoisotopic (exact) mass is 217 g/mol. The molecule has 0 unspecified atom stereocenters. The maximum Gasteiger partial charge on any atom is 0.274 e. The molecular formula is C11H8FN3O. The summed E-state index contributed by atoms with van der Waals surface area (Å²) in [4.78, 5) is 19.1. The van der Waals surface area contributed by atoms with Crippen molar-refractivity contribution < 1.29 is 9.18 Å². The predicted octanol–water partition coefficient (Wildman–Crippen LogP) is 1.87. The summed E-state index contributed by atoms with van der Waals surface area (Å²) >= 11 is 0. The molecule has 0 saturated heterocycles. The maximum absolute atomic E-state index is 12.8. The highest BCUT2D eigenvalue weighted by atomic mass is 19.1. The first kappa shape index (κ1) is 10.2. The Kier molecular flexibility index (Phi) is 2.86. The van der Waals surface area contributed by atoms with Crippen LogP contribution in [0.4, 0.5) is 10.1 Å². The molecule has 0 fully saturated rings. The summed E-state index contributed by atoms with van der Waals surface area (Å²) in [5, 5.41) is 2.53. The van der Waals surface area contributed by atoms with Crippen LogP contribution < -0.4 is 5.32 Å². The largest absolute Gasteiger partial charge is 0.321 e. The summed E-state index contributed by atoms with van der Waals surface area (Å²) in [6.45, 7) is 0. The van der Waals surface area contributed by atoms with Crippen molar-refractivity contribution in [1.82, 2.24) is 9.97 Å². The highest BCUT2D eigenvalue weighted by Crippen LogP contribution is 2.10. The summed E-state index contributed by atoms with van der Waals surface area (Å²) < 4.78 is 12.8. The van der Waals surface area contributed by atoms with Crippen LogP contribution in [0.5, 0.6) is 0 Å². The fourth-order valence-corrected chi connectivity index (χ4v) is 1.19. The first-order valence-corrected chi connectivity index (χ1v) is 4.58. The van der Waals surface area contributed by atoms with Crippen molar-refractivity contribution in [3.05, 3.63) is 54.4 Å². The van der Waals surface area contributed by atoms with Gasteiger partial charge < -0.3 is 5.32 Å². The van der Waals surface area contributed by atoms with E-state index in [4.69, 9.17) is 0 Å². The number of anilines is 1. The Morgan fingerprint density at radius 3 is 2.88 bits per heavy atom. The van der Waals surface area contributed by atoms with Gasteiger partial charge in [-0.2, -0.15) is 0 Å². The Balaban J connectivity index is 2.14. The first-order valence-electron chi connectivity index (χ1n) is 4.58. The lowest BCUT2D eigenvalue weighted by atomic mass is 10.3. The number of hydrogen-bond donors (Lipinski definition) is 1. The summed E-state index contributed by atoms with van der Waals surface area (Å²) in [6.07, 6.45) is 2.74. The summed E-state index contributed by atoms with van der Waals surface area (Å²) in [5.41, 5.74) is 0.628. The van der Waals surface area contributed by atoms with E-state index in [0.717, 1.165) is 0 Å². The van der Waals surface area contributed by atoms with Crippen LogP contribution in [0.2, 0.25) is 0 Å². The Bertz CT molecular complexity index is 502. The van der Waals surface area contributed by atoms with Crippen molar-refractivity contribution in [2.45, 2.75) is 0 Å². The number of amides is 1. The normalized spacial score (nSPS) is 9.81. The van der Waals surface area contributed by atoms with E-state index in [2.05, 4.69) is 15.3 Å². The fourth-order valence-electron chi connectivity index (χ4n) is 1.19. The van der Waals surface area contributed by atoms with Gasteiger partial charge in [0.25, 0.3) is 5.91 Å². The minimum atomic E-state index is -0.402. The van der Waals surface area contributed by atoms with Crippen LogP contribution in [0.3, 0.4) is 0 Å². The van der Waals surface area contributed by atoms with Gasteiger partial charge in [-0.3, -0.25) is 4.79 Å². The number of halogens is 1. The second-order valence-corrected chi connectivity index (χ2v) is 3.06. The lowest BCUT2D eigenvalue weighted by Crippen LogP contribution is -2.13. The van der Waals surface area contributed by atoms with Crippen molar-refractivity contribution in [3.63, 3.8) is 0 Å². The zero-order valence-corrected chi connectivity index (χ0v) is 8.22. The van der Waals surface area contributed by atoms with Gasteiger partial charge in [0.05, 0.1) is 0 Å². The van der Waals surface area contributed by atoms with E-state index in [0.29, 0.717) is 5.69 Å². The van der Waals surface area contributed by atoms with Gasteiger partial charge in [-0.25, -0.2) is 14.4 Å². The Labute approximate surface area is 91.2 Å². The number of benzene rings is 1. The lowest BCUT2D eigenvalue weighted by Gasteiger charge is -2.03. The van der Waals surface area contributed by atoms with Gasteiger partial charge in [0.1, 0.15) is 17.8 Å². The predicted molar refractivity (Wildman–Crippen MR) is 56.4 cm³/mol. The second kappa shape index (κ2) is 4.48. The number of nitrogens with one attached hydrogen (secondary N) is 1. The van der Waals surface area contributed by atoms with E-state index in [1.807, 2.05) is 0 Å². The molecule has 4 nitrogen and oxygen atoms in total. The third-order valence-electron chi connectivity index (χ3n) is 1.90. The molecule has 0 saturated carbocycles. The van der Waals surface area contributed by atoms with Crippen LogP contribution in [0.25, 0.3) is 0 Å². The molecule has 0 aliphatic heterocycles. The van der Waals surface area contributed by atoms with Gasteiger partial charge in [0.15, 0.2) is 0 Å². The van der Waals surface area contributed by atoms with Gasteiger partial charge in [0, 0.05) is 11.9 Å². The van der Waals surface area contributed by atoms with Crippen LogP contribution in [0, 0.1) is 5.82 Å². The molecule has 1 heterocycles. The maximum atomic E-state index is 12.8. The summed E-state index contributed by atoms with van der Waals surface area (Å²) in [6, 6.07) is 7.14. The summed E-state index contributed by atoms with van der Waals surface area (Å²) in [7, 11) is 0. The van der Waals surface area contributed by atoms with Crippen molar-refractivity contribution in [2.24, 2.45) is 0 Å². The molecule has 1 aromatic heterocycles. The van der Waals surface area contributed by atoms with Crippen molar-refractivity contribution in [3.8, 4) is 0 Å². The van der Waals surface area contributed by atoms with E-state index in [1.165, 1.54) is 36.8 Å². The van der Waals surface area contributed by atoms with Crippen LogP contribution in [0.1, 0.15) is 10.5 Å². The second-order valence-electron chi connectivity index (χ2n) is 3.06. The van der Waals surface area contributed by atoms with Crippen molar-refractivity contribution in [1.29, 1.82) is 0 Å². The molecule has 0 atom stereocenters. The molecule has 0 spiro atoms. The Hall–Kier alpha value is -2.30. The molecule has 0 aliphatic rings. The average molecular weight is 217 g/mol. The van der Waals surface area contributed by atoms with Gasteiger partial charge >= 0.3 is 0 Å². The van der Waals surface area contributed by atoms with Gasteiger partial charge in [-0.1, -0.05) is 6.07 Å². The average Bonchev–Trinajstić information content (AvgIpc) is 2.30. The standard InChI is InChI=1S/C11H8FN3O/c12-8-2-1-3-9(6-8)15-11(16)10-4-5-13-7-14-10/h1-7H,(H,15,16). The lowest BCUT2D eigenvalue weighted by molar-refractivity contribution is 0.102. The highest BCUT2D eigenvalue weighted by molar-refractivity contribution is 6.02. The molecule has 1 amide bonds. The molecule has 5 heteroatoms. The third-order valence-corrected chi connectivity index (χ3v) is 1.90. The van der Waals surface area contributed by atoms with E-state index >= 15 is 0 Å². The van der Waals surface area contributed by atoms with E-state index in [9.17, 15) is 9.18 Å². The number of rotatable bonds is 2. The molecule has 2 rings (SSSR count). The minimum absolute atomic E-state index is 0.235. The molecule has 0 aliphatic carbocycles. The van der Waals surface area contributed by atoms with Crippen molar-refractivity contribution >= 4 is 11.6 Å². The topological polar surface area (TPSA) is 54.9 Å². The van der Waals surface area contributed by atoms with Gasteiger partial charge in [-0.15, -0.1) is 0 Å². The molecule has 0 bridgehead atoms. The SMILES string of the molecule is O=C(Nc1cccc(F)c1)c1ccncn1. The molecule has 1 N–H and O–H groups in total. The van der Waals surface area contributed by atoms with Crippen LogP contribution in [-0.2, 0) is 0 Å². The van der Waals surface area contributed by atoms with E-state index < -0.39 is 11.7 Å². The molecule has 0 radical (unpaired) electrons. The quantitative estimate of drug-likeness (QED) is 0.835. The van der Waals surface area contributed by atoms with Gasteiger partial charge in [0.2, 0.25) is 0 Å². The Morgan fingerprint density at radius 2 is 2.19 bits per heavy atom. The Morgan fingerprint density at radius 1 is 1.31 bits per heavy atom. The van der Waals surface area contributed by atoms with Crippen molar-refractivity contribution in [2.75, 3.05) is 5.32 Å². The minimum Gasteiger partial charge on any atom is -0.321 e. The smallest absolute Gasteiger partial charge is 0.274 e. The summed E-state index contributed by atoms with van der Waals surface area (Å²) in [5.74, 6) is -0.798. The molecule has 1 aromatic carbocycles. The van der Waals surface area contributed by atoms with E-state index in [-0.39, 0.29) is 5.69 Å².